The molecule has 0 saturated carbocycles. The average molecular weight is 239 g/mol. The Bertz CT molecular complexity index is 366. The molecule has 0 aliphatic carbocycles. The Balaban J connectivity index is 2.18. The number of hydrogen-bond donors (Lipinski definition) is 1. The van der Waals surface area contributed by atoms with Crippen molar-refractivity contribution in [2.24, 2.45) is 5.41 Å². The van der Waals surface area contributed by atoms with Gasteiger partial charge in [-0.2, -0.15) is 4.98 Å². The van der Waals surface area contributed by atoms with Gasteiger partial charge in [0.15, 0.2) is 5.82 Å². The van der Waals surface area contributed by atoms with Gasteiger partial charge >= 0.3 is 0 Å². The van der Waals surface area contributed by atoms with Crippen molar-refractivity contribution in [3.05, 3.63) is 11.7 Å². The monoisotopic (exact) mass is 239 g/mol. The number of amides is 1. The lowest BCUT2D eigenvalue weighted by Gasteiger charge is -2.17. The van der Waals surface area contributed by atoms with E-state index in [1.165, 1.54) is 0 Å². The third-order valence-corrected chi connectivity index (χ3v) is 2.31. The second-order valence-electron chi connectivity index (χ2n) is 5.42. The fourth-order valence-corrected chi connectivity index (χ4v) is 1.47. The van der Waals surface area contributed by atoms with Crippen molar-refractivity contribution in [2.45, 2.75) is 47.0 Å². The van der Waals surface area contributed by atoms with Crippen LogP contribution in [0.15, 0.2) is 4.52 Å². The largest absolute Gasteiger partial charge is 0.356 e. The zero-order valence-electron chi connectivity index (χ0n) is 11.0. The van der Waals surface area contributed by atoms with Gasteiger partial charge in [-0.15, -0.1) is 0 Å². The van der Waals surface area contributed by atoms with Gasteiger partial charge in [0.1, 0.15) is 0 Å². The lowest BCUT2D eigenvalue weighted by Crippen LogP contribution is -2.27. The molecule has 0 unspecified atom stereocenters. The van der Waals surface area contributed by atoms with Crippen LogP contribution in [-0.4, -0.2) is 22.6 Å². The van der Waals surface area contributed by atoms with E-state index < -0.39 is 0 Å². The highest BCUT2D eigenvalue weighted by molar-refractivity contribution is 5.77. The van der Waals surface area contributed by atoms with Crippen LogP contribution >= 0.6 is 0 Å². The number of carbonyl (C=O) groups is 1. The third-order valence-electron chi connectivity index (χ3n) is 2.31. The first-order valence-corrected chi connectivity index (χ1v) is 5.93. The average Bonchev–Trinajstić information content (AvgIpc) is 2.57. The summed E-state index contributed by atoms with van der Waals surface area (Å²) in [7, 11) is 0. The predicted octanol–water partition coefficient (Wildman–Crippen LogP) is 1.86. The lowest BCUT2D eigenvalue weighted by molar-refractivity contribution is -0.120. The van der Waals surface area contributed by atoms with Crippen molar-refractivity contribution < 1.29 is 9.32 Å². The number of nitrogens with zero attached hydrogens (tertiary/aromatic N) is 2. The maximum atomic E-state index is 11.5. The minimum Gasteiger partial charge on any atom is -0.356 e. The van der Waals surface area contributed by atoms with Crippen molar-refractivity contribution in [1.29, 1.82) is 0 Å². The molecule has 1 rings (SSSR count). The Morgan fingerprint density at radius 3 is 2.65 bits per heavy atom. The summed E-state index contributed by atoms with van der Waals surface area (Å²) in [4.78, 5) is 15.5. The van der Waals surface area contributed by atoms with E-state index in [9.17, 15) is 4.79 Å². The van der Waals surface area contributed by atoms with E-state index in [-0.39, 0.29) is 12.3 Å². The summed E-state index contributed by atoms with van der Waals surface area (Å²) < 4.78 is 4.79. The molecule has 96 valence electrons. The van der Waals surface area contributed by atoms with Crippen LogP contribution in [-0.2, 0) is 11.2 Å². The van der Waals surface area contributed by atoms with Crippen molar-refractivity contribution >= 4 is 5.91 Å². The van der Waals surface area contributed by atoms with Gasteiger partial charge in [-0.25, -0.2) is 0 Å². The van der Waals surface area contributed by atoms with E-state index in [0.717, 1.165) is 12.8 Å². The van der Waals surface area contributed by atoms with E-state index in [1.807, 2.05) is 0 Å². The summed E-state index contributed by atoms with van der Waals surface area (Å²) in [5.41, 5.74) is 0.315. The molecule has 17 heavy (non-hydrogen) atoms. The Labute approximate surface area is 102 Å². The van der Waals surface area contributed by atoms with Gasteiger partial charge in [0, 0.05) is 13.5 Å². The van der Waals surface area contributed by atoms with E-state index in [4.69, 9.17) is 4.52 Å². The minimum atomic E-state index is -0.0558. The summed E-state index contributed by atoms with van der Waals surface area (Å²) in [6.07, 6.45) is 2.27. The second kappa shape index (κ2) is 5.80. The molecule has 0 aliphatic rings. The van der Waals surface area contributed by atoms with Crippen molar-refractivity contribution in [2.75, 3.05) is 6.54 Å². The van der Waals surface area contributed by atoms with Crippen LogP contribution in [0.3, 0.4) is 0 Å². The summed E-state index contributed by atoms with van der Waals surface area (Å²) in [6.45, 7) is 8.98. The molecule has 1 amide bonds. The molecular formula is C12H21N3O2. The molecule has 0 atom stereocenters. The second-order valence-corrected chi connectivity index (χ2v) is 5.42. The Kier molecular flexibility index (Phi) is 4.66. The number of rotatable bonds is 5. The van der Waals surface area contributed by atoms with Gasteiger partial charge in [0.25, 0.3) is 0 Å². The van der Waals surface area contributed by atoms with Gasteiger partial charge < -0.3 is 9.84 Å². The molecule has 0 radical (unpaired) electrons. The van der Waals surface area contributed by atoms with Gasteiger partial charge in [-0.1, -0.05) is 25.9 Å². The van der Waals surface area contributed by atoms with Gasteiger partial charge in [-0.3, -0.25) is 4.79 Å². The van der Waals surface area contributed by atoms with Crippen LogP contribution in [0.4, 0.5) is 0 Å². The normalized spacial score (nSPS) is 11.5. The van der Waals surface area contributed by atoms with Crippen LogP contribution in [0.5, 0.6) is 0 Å². The standard InChI is InChI=1S/C12H21N3O2/c1-9-14-10(15-17-9)8-11(16)13-7-5-6-12(2,3)4/h5-8H2,1-4H3,(H,13,16). The summed E-state index contributed by atoms with van der Waals surface area (Å²) in [6, 6.07) is 0. The predicted molar refractivity (Wildman–Crippen MR) is 64.4 cm³/mol. The number of aryl methyl sites for hydroxylation is 1. The molecule has 0 saturated heterocycles. The summed E-state index contributed by atoms with van der Waals surface area (Å²) in [5, 5.41) is 6.53. The molecule has 0 fully saturated rings. The number of carbonyl (C=O) groups excluding carboxylic acids is 1. The smallest absolute Gasteiger partial charge is 0.227 e. The van der Waals surface area contributed by atoms with Crippen LogP contribution in [0.2, 0.25) is 0 Å². The number of aromatic nitrogens is 2. The van der Waals surface area contributed by atoms with Gasteiger partial charge in [0.05, 0.1) is 6.42 Å². The Hall–Kier alpha value is -1.39. The molecule has 0 bridgehead atoms. The van der Waals surface area contributed by atoms with E-state index in [2.05, 4.69) is 36.2 Å². The van der Waals surface area contributed by atoms with E-state index in [1.54, 1.807) is 6.92 Å². The molecule has 1 heterocycles. The SMILES string of the molecule is Cc1nc(CC(=O)NCCCC(C)(C)C)no1. The van der Waals surface area contributed by atoms with Gasteiger partial charge in [0.2, 0.25) is 11.8 Å². The molecule has 5 heteroatoms. The molecule has 1 aromatic heterocycles. The molecular weight excluding hydrogens is 218 g/mol. The first kappa shape index (κ1) is 13.7. The molecule has 0 aliphatic heterocycles. The molecule has 1 N–H and O–H groups in total. The zero-order chi connectivity index (χ0) is 12.9. The van der Waals surface area contributed by atoms with Crippen LogP contribution in [0, 0.1) is 12.3 Å². The van der Waals surface area contributed by atoms with E-state index >= 15 is 0 Å². The van der Waals surface area contributed by atoms with Crippen LogP contribution in [0.25, 0.3) is 0 Å². The van der Waals surface area contributed by atoms with Crippen LogP contribution in [0.1, 0.15) is 45.3 Å². The van der Waals surface area contributed by atoms with Gasteiger partial charge in [-0.05, 0) is 18.3 Å². The fourth-order valence-electron chi connectivity index (χ4n) is 1.47. The maximum Gasteiger partial charge on any atom is 0.227 e. The zero-order valence-corrected chi connectivity index (χ0v) is 11.0. The number of hydrogen-bond acceptors (Lipinski definition) is 4. The maximum absolute atomic E-state index is 11.5. The molecule has 5 nitrogen and oxygen atoms in total. The summed E-state index contributed by atoms with van der Waals surface area (Å²) >= 11 is 0. The Morgan fingerprint density at radius 2 is 2.12 bits per heavy atom. The highest BCUT2D eigenvalue weighted by atomic mass is 16.5. The first-order chi connectivity index (χ1) is 7.87. The quantitative estimate of drug-likeness (QED) is 0.796. The van der Waals surface area contributed by atoms with Crippen molar-refractivity contribution in [3.8, 4) is 0 Å². The highest BCUT2D eigenvalue weighted by Gasteiger charge is 2.11. The lowest BCUT2D eigenvalue weighted by atomic mass is 9.91. The molecule has 0 spiro atoms. The molecule has 1 aromatic rings. The highest BCUT2D eigenvalue weighted by Crippen LogP contribution is 2.19. The first-order valence-electron chi connectivity index (χ1n) is 5.93. The van der Waals surface area contributed by atoms with E-state index in [0.29, 0.717) is 23.7 Å². The topological polar surface area (TPSA) is 68.0 Å². The van der Waals surface area contributed by atoms with Crippen molar-refractivity contribution in [1.82, 2.24) is 15.5 Å². The van der Waals surface area contributed by atoms with Crippen molar-refractivity contribution in [3.63, 3.8) is 0 Å². The van der Waals surface area contributed by atoms with Crippen LogP contribution < -0.4 is 5.32 Å². The minimum absolute atomic E-state index is 0.0558. The summed E-state index contributed by atoms with van der Waals surface area (Å²) in [5.74, 6) is 0.871. The fraction of sp³-hybridized carbons (Fsp3) is 0.750. The molecule has 0 aromatic carbocycles. The number of nitrogens with one attached hydrogen (secondary N) is 1. The third kappa shape index (κ3) is 6.04. The Morgan fingerprint density at radius 1 is 1.41 bits per heavy atom.